The molecular formula is C20H27NO2. The van der Waals surface area contributed by atoms with E-state index < -0.39 is 0 Å². The summed E-state index contributed by atoms with van der Waals surface area (Å²) >= 11 is 0. The van der Waals surface area contributed by atoms with E-state index in [0.29, 0.717) is 6.42 Å². The van der Waals surface area contributed by atoms with E-state index in [1.165, 1.54) is 0 Å². The molecule has 23 heavy (non-hydrogen) atoms. The Hall–Kier alpha value is -1.71. The first kappa shape index (κ1) is 17.6. The summed E-state index contributed by atoms with van der Waals surface area (Å²) in [5.41, 5.74) is 3.32. The van der Waals surface area contributed by atoms with Gasteiger partial charge < -0.3 is 10.4 Å². The highest BCUT2D eigenvalue weighted by Gasteiger charge is 2.26. The first-order valence-electron chi connectivity index (χ1n) is 8.29. The molecule has 0 heterocycles. The molecule has 1 aromatic rings. The number of ketones is 1. The number of nitrogens with one attached hydrogen (secondary N) is 1. The topological polar surface area (TPSA) is 49.3 Å². The maximum atomic E-state index is 11.8. The van der Waals surface area contributed by atoms with Crippen molar-refractivity contribution in [3.05, 3.63) is 53.1 Å². The van der Waals surface area contributed by atoms with Crippen LogP contribution in [0.4, 0.5) is 0 Å². The summed E-state index contributed by atoms with van der Waals surface area (Å²) in [4.78, 5) is 11.8. The Labute approximate surface area is 139 Å². The molecule has 3 nitrogen and oxygen atoms in total. The van der Waals surface area contributed by atoms with Crippen LogP contribution in [0.1, 0.15) is 50.8 Å². The van der Waals surface area contributed by atoms with Crippen molar-refractivity contribution in [2.24, 2.45) is 5.41 Å². The van der Waals surface area contributed by atoms with Crippen LogP contribution in [0, 0.1) is 5.41 Å². The van der Waals surface area contributed by atoms with E-state index in [1.54, 1.807) is 6.08 Å². The number of carbonyl (C=O) groups is 1. The Morgan fingerprint density at radius 1 is 1.22 bits per heavy atom. The van der Waals surface area contributed by atoms with E-state index in [1.807, 2.05) is 43.3 Å². The number of hydrogen-bond donors (Lipinski definition) is 2. The first-order chi connectivity index (χ1) is 10.9. The third-order valence-electron chi connectivity index (χ3n) is 4.14. The fraction of sp³-hybridized carbons (Fsp3) is 0.450. The van der Waals surface area contributed by atoms with Gasteiger partial charge in [0.15, 0.2) is 5.78 Å². The Morgan fingerprint density at radius 2 is 1.91 bits per heavy atom. The van der Waals surface area contributed by atoms with Gasteiger partial charge in [-0.2, -0.15) is 0 Å². The molecule has 0 spiro atoms. The molecule has 0 amide bonds. The number of aliphatic hydroxyl groups excluding tert-OH is 1. The number of carbonyl (C=O) groups excluding carboxylic acids is 1. The maximum absolute atomic E-state index is 11.8. The van der Waals surface area contributed by atoms with E-state index in [2.05, 4.69) is 19.2 Å². The third kappa shape index (κ3) is 5.15. The van der Waals surface area contributed by atoms with Gasteiger partial charge in [-0.25, -0.2) is 0 Å². The van der Waals surface area contributed by atoms with Crippen molar-refractivity contribution in [3.63, 3.8) is 0 Å². The molecule has 0 radical (unpaired) electrons. The summed E-state index contributed by atoms with van der Waals surface area (Å²) < 4.78 is 0. The molecule has 0 saturated carbocycles. The molecule has 1 aliphatic rings. The molecule has 2 rings (SSSR count). The van der Waals surface area contributed by atoms with Crippen LogP contribution >= 0.6 is 0 Å². The number of benzene rings is 1. The summed E-state index contributed by atoms with van der Waals surface area (Å²) in [6.07, 6.45) is 7.42. The number of allylic oxidation sites excluding steroid dienone is 3. The second kappa shape index (κ2) is 7.71. The lowest BCUT2D eigenvalue weighted by Gasteiger charge is -2.27. The van der Waals surface area contributed by atoms with E-state index >= 15 is 0 Å². The van der Waals surface area contributed by atoms with Crippen molar-refractivity contribution in [2.75, 3.05) is 13.2 Å². The van der Waals surface area contributed by atoms with Crippen molar-refractivity contribution < 1.29 is 9.90 Å². The van der Waals surface area contributed by atoms with Gasteiger partial charge in [-0.3, -0.25) is 4.79 Å². The zero-order valence-corrected chi connectivity index (χ0v) is 14.3. The molecule has 1 atom stereocenters. The summed E-state index contributed by atoms with van der Waals surface area (Å²) in [5.74, 6) is 0.215. The van der Waals surface area contributed by atoms with Crippen LogP contribution in [0.2, 0.25) is 0 Å². The zero-order valence-electron chi connectivity index (χ0n) is 14.3. The molecule has 1 aliphatic carbocycles. The van der Waals surface area contributed by atoms with Crippen molar-refractivity contribution in [2.45, 2.75) is 39.7 Å². The van der Waals surface area contributed by atoms with Gasteiger partial charge in [-0.05, 0) is 41.2 Å². The van der Waals surface area contributed by atoms with Gasteiger partial charge in [-0.15, -0.1) is 0 Å². The van der Waals surface area contributed by atoms with Crippen LogP contribution in [0.15, 0.2) is 42.0 Å². The fourth-order valence-electron chi connectivity index (χ4n) is 3.08. The lowest BCUT2D eigenvalue weighted by molar-refractivity contribution is -0.116. The van der Waals surface area contributed by atoms with Gasteiger partial charge in [0.05, 0.1) is 12.6 Å². The number of hydrogen-bond acceptors (Lipinski definition) is 3. The summed E-state index contributed by atoms with van der Waals surface area (Å²) in [6, 6.07) is 8.14. The fourth-order valence-corrected chi connectivity index (χ4v) is 3.08. The smallest absolute Gasteiger partial charge is 0.156 e. The highest BCUT2D eigenvalue weighted by atomic mass is 16.3. The lowest BCUT2D eigenvalue weighted by atomic mass is 9.77. The highest BCUT2D eigenvalue weighted by Crippen LogP contribution is 2.34. The Bertz CT molecular complexity index is 597. The van der Waals surface area contributed by atoms with Gasteiger partial charge in [0.1, 0.15) is 0 Å². The van der Waals surface area contributed by atoms with Crippen LogP contribution in [0.5, 0.6) is 0 Å². The number of rotatable bonds is 6. The Kier molecular flexibility index (Phi) is 5.91. The molecule has 2 N–H and O–H groups in total. The molecule has 0 fully saturated rings. The third-order valence-corrected chi connectivity index (χ3v) is 4.14. The van der Waals surface area contributed by atoms with Gasteiger partial charge >= 0.3 is 0 Å². The minimum Gasteiger partial charge on any atom is -0.394 e. The van der Waals surface area contributed by atoms with E-state index in [-0.39, 0.29) is 23.8 Å². The molecule has 1 unspecified atom stereocenters. The number of likely N-dealkylation sites (N-methyl/N-ethyl adjacent to an activating group) is 1. The largest absolute Gasteiger partial charge is 0.394 e. The molecule has 1 aromatic carbocycles. The Balaban J connectivity index is 2.07. The quantitative estimate of drug-likeness (QED) is 0.842. The van der Waals surface area contributed by atoms with Crippen LogP contribution in [-0.4, -0.2) is 24.0 Å². The second-order valence-electron chi connectivity index (χ2n) is 7.00. The molecule has 0 aromatic heterocycles. The molecule has 124 valence electrons. The van der Waals surface area contributed by atoms with Crippen LogP contribution < -0.4 is 5.32 Å². The molecule has 0 aliphatic heterocycles. The highest BCUT2D eigenvalue weighted by molar-refractivity contribution is 5.92. The standard InChI is InChI=1S/C20H27NO2/c1-4-21-19(14-22)17-9-7-15(8-10-17)5-6-16-11-18(23)13-20(2,3)12-16/h5-11,19,21-22H,4,12-14H2,1-3H3/b6-5+. The number of aliphatic hydroxyl groups is 1. The van der Waals surface area contributed by atoms with Gasteiger partial charge in [0, 0.05) is 6.42 Å². The van der Waals surface area contributed by atoms with Crippen molar-refractivity contribution in [3.8, 4) is 0 Å². The summed E-state index contributed by atoms with van der Waals surface area (Å²) in [6.45, 7) is 7.21. The van der Waals surface area contributed by atoms with Gasteiger partial charge in [0.25, 0.3) is 0 Å². The predicted molar refractivity (Wildman–Crippen MR) is 95.1 cm³/mol. The van der Waals surface area contributed by atoms with Crippen molar-refractivity contribution >= 4 is 11.9 Å². The zero-order chi connectivity index (χ0) is 16.9. The summed E-state index contributed by atoms with van der Waals surface area (Å²) in [7, 11) is 0. The molecule has 0 bridgehead atoms. The van der Waals surface area contributed by atoms with E-state index in [9.17, 15) is 9.90 Å². The van der Waals surface area contributed by atoms with Crippen molar-refractivity contribution in [1.82, 2.24) is 5.32 Å². The van der Waals surface area contributed by atoms with Gasteiger partial charge in [-0.1, -0.05) is 57.2 Å². The normalized spacial score (nSPS) is 19.0. The SMILES string of the molecule is CCNC(CO)c1ccc(/C=C/C2=CC(=O)CC(C)(C)C2)cc1. The van der Waals surface area contributed by atoms with Crippen LogP contribution in [0.3, 0.4) is 0 Å². The van der Waals surface area contributed by atoms with Gasteiger partial charge in [0.2, 0.25) is 0 Å². The van der Waals surface area contributed by atoms with E-state index in [4.69, 9.17) is 0 Å². The minimum absolute atomic E-state index is 0.0162. The van der Waals surface area contributed by atoms with Crippen molar-refractivity contribution in [1.29, 1.82) is 0 Å². The minimum atomic E-state index is -0.0162. The lowest BCUT2D eigenvalue weighted by Crippen LogP contribution is -2.23. The predicted octanol–water partition coefficient (Wildman–Crippen LogP) is 3.66. The average Bonchev–Trinajstić information content (AvgIpc) is 2.49. The summed E-state index contributed by atoms with van der Waals surface area (Å²) in [5, 5.41) is 12.7. The monoisotopic (exact) mass is 313 g/mol. The van der Waals surface area contributed by atoms with Crippen LogP contribution in [-0.2, 0) is 4.79 Å². The molecular weight excluding hydrogens is 286 g/mol. The first-order valence-corrected chi connectivity index (χ1v) is 8.29. The second-order valence-corrected chi connectivity index (χ2v) is 7.00. The average molecular weight is 313 g/mol. The molecule has 0 saturated heterocycles. The maximum Gasteiger partial charge on any atom is 0.156 e. The molecule has 3 heteroatoms. The van der Waals surface area contributed by atoms with Crippen LogP contribution in [0.25, 0.3) is 6.08 Å². The Morgan fingerprint density at radius 3 is 2.48 bits per heavy atom. The van der Waals surface area contributed by atoms with E-state index in [0.717, 1.165) is 29.7 Å².